The van der Waals surface area contributed by atoms with Crippen molar-refractivity contribution in [3.8, 4) is 5.75 Å². The van der Waals surface area contributed by atoms with Crippen molar-refractivity contribution in [3.63, 3.8) is 0 Å². The lowest BCUT2D eigenvalue weighted by molar-refractivity contribution is -0.121. The second-order valence-electron chi connectivity index (χ2n) is 4.94. The molecule has 4 N–H and O–H groups in total. The van der Waals surface area contributed by atoms with Gasteiger partial charge in [0.1, 0.15) is 5.75 Å². The minimum absolute atomic E-state index is 0.238. The fraction of sp³-hybridized carbons (Fsp3) is 0.467. The highest BCUT2D eigenvalue weighted by molar-refractivity contribution is 5.94. The molecule has 0 spiro atoms. The summed E-state index contributed by atoms with van der Waals surface area (Å²) in [5.41, 5.74) is 7.95. The Labute approximate surface area is 125 Å². The molecule has 0 aromatic heterocycles. The average molecular weight is 293 g/mol. The monoisotopic (exact) mass is 293 g/mol. The summed E-state index contributed by atoms with van der Waals surface area (Å²) in [4.78, 5) is 21.9. The minimum atomic E-state index is -0.880. The number of carbonyl (C=O) groups excluding carboxylic acids is 2. The number of urea groups is 1. The van der Waals surface area contributed by atoms with Crippen LogP contribution >= 0.6 is 0 Å². The van der Waals surface area contributed by atoms with Gasteiger partial charge >= 0.3 is 6.03 Å². The average Bonchev–Trinajstić information content (AvgIpc) is 2.37. The lowest BCUT2D eigenvalue weighted by atomic mass is 10.1. The second kappa shape index (κ2) is 8.26. The quantitative estimate of drug-likeness (QED) is 0.662. The molecule has 1 aromatic carbocycles. The molecule has 116 valence electrons. The molecule has 6 heteroatoms. The molecular weight excluding hydrogens is 270 g/mol. The molecule has 0 saturated carbocycles. The van der Waals surface area contributed by atoms with Gasteiger partial charge in [0.15, 0.2) is 6.61 Å². The highest BCUT2D eigenvalue weighted by Crippen LogP contribution is 2.24. The summed E-state index contributed by atoms with van der Waals surface area (Å²) in [6.07, 6.45) is 1.09. The van der Waals surface area contributed by atoms with E-state index < -0.39 is 11.9 Å². The van der Waals surface area contributed by atoms with E-state index in [2.05, 4.69) is 12.2 Å². The zero-order chi connectivity index (χ0) is 15.8. The Kier molecular flexibility index (Phi) is 6.68. The molecule has 0 aliphatic heterocycles. The van der Waals surface area contributed by atoms with Gasteiger partial charge in [0.2, 0.25) is 0 Å². The van der Waals surface area contributed by atoms with Crippen LogP contribution in [0.4, 0.5) is 4.79 Å². The maximum atomic E-state index is 11.3. The Morgan fingerprint density at radius 2 is 1.86 bits per heavy atom. The van der Waals surface area contributed by atoms with Gasteiger partial charge in [-0.1, -0.05) is 19.1 Å². The number of benzene rings is 1. The van der Waals surface area contributed by atoms with Crippen molar-refractivity contribution in [1.82, 2.24) is 10.6 Å². The molecular formula is C15H23N3O3. The molecule has 0 heterocycles. The second-order valence-corrected chi connectivity index (χ2v) is 4.94. The van der Waals surface area contributed by atoms with E-state index in [9.17, 15) is 9.59 Å². The predicted molar refractivity (Wildman–Crippen MR) is 81.1 cm³/mol. The van der Waals surface area contributed by atoms with E-state index in [4.69, 9.17) is 10.5 Å². The van der Waals surface area contributed by atoms with E-state index in [1.807, 2.05) is 31.3 Å². The number of hydrogen-bond donors (Lipinski definition) is 3. The fourth-order valence-corrected chi connectivity index (χ4v) is 2.09. The van der Waals surface area contributed by atoms with Crippen LogP contribution in [0.25, 0.3) is 0 Å². The first-order valence-corrected chi connectivity index (χ1v) is 6.97. The Morgan fingerprint density at radius 1 is 1.24 bits per heavy atom. The Morgan fingerprint density at radius 3 is 2.38 bits per heavy atom. The molecule has 6 nitrogen and oxygen atoms in total. The molecule has 0 atom stereocenters. The Balaban J connectivity index is 2.67. The van der Waals surface area contributed by atoms with Crippen molar-refractivity contribution in [2.24, 2.45) is 5.73 Å². The zero-order valence-electron chi connectivity index (χ0n) is 12.8. The van der Waals surface area contributed by atoms with E-state index in [1.165, 1.54) is 5.56 Å². The summed E-state index contributed by atoms with van der Waals surface area (Å²) in [6.45, 7) is 7.52. The van der Waals surface area contributed by atoms with E-state index in [1.54, 1.807) is 0 Å². The Bertz CT molecular complexity index is 492. The fourth-order valence-electron chi connectivity index (χ4n) is 2.09. The number of carbonyl (C=O) groups is 2. The van der Waals surface area contributed by atoms with Crippen LogP contribution < -0.4 is 21.1 Å². The SMILES string of the molecule is CCCNCc1cc(C)c(OCC(=O)NC(N)=O)c(C)c1. The smallest absolute Gasteiger partial charge is 0.318 e. The molecule has 0 unspecified atom stereocenters. The maximum absolute atomic E-state index is 11.3. The van der Waals surface area contributed by atoms with Gasteiger partial charge in [-0.2, -0.15) is 0 Å². The van der Waals surface area contributed by atoms with Crippen LogP contribution in [0, 0.1) is 13.8 Å². The first-order valence-electron chi connectivity index (χ1n) is 6.97. The van der Waals surface area contributed by atoms with Crippen LogP contribution in [-0.2, 0) is 11.3 Å². The van der Waals surface area contributed by atoms with Crippen molar-refractivity contribution >= 4 is 11.9 Å². The van der Waals surface area contributed by atoms with Crippen molar-refractivity contribution in [2.75, 3.05) is 13.2 Å². The number of primary amides is 1. The maximum Gasteiger partial charge on any atom is 0.318 e. The number of hydrogen-bond acceptors (Lipinski definition) is 4. The molecule has 1 aromatic rings. The summed E-state index contributed by atoms with van der Waals surface area (Å²) in [5, 5.41) is 5.30. The summed E-state index contributed by atoms with van der Waals surface area (Å²) < 4.78 is 5.47. The van der Waals surface area contributed by atoms with Crippen LogP contribution in [0.2, 0.25) is 0 Å². The summed E-state index contributed by atoms with van der Waals surface area (Å²) in [7, 11) is 0. The number of aryl methyl sites for hydroxylation is 2. The van der Waals surface area contributed by atoms with Crippen LogP contribution in [0.3, 0.4) is 0 Å². The molecule has 0 bridgehead atoms. The zero-order valence-corrected chi connectivity index (χ0v) is 12.8. The van der Waals surface area contributed by atoms with Gasteiger partial charge in [0.25, 0.3) is 5.91 Å². The van der Waals surface area contributed by atoms with Crippen molar-refractivity contribution in [2.45, 2.75) is 33.7 Å². The number of imide groups is 1. The molecule has 21 heavy (non-hydrogen) atoms. The van der Waals surface area contributed by atoms with Crippen molar-refractivity contribution < 1.29 is 14.3 Å². The van der Waals surface area contributed by atoms with Gasteiger partial charge in [-0.25, -0.2) is 4.79 Å². The summed E-state index contributed by atoms with van der Waals surface area (Å²) in [6, 6.07) is 3.17. The lowest BCUT2D eigenvalue weighted by Crippen LogP contribution is -2.38. The van der Waals surface area contributed by atoms with Gasteiger partial charge < -0.3 is 15.8 Å². The number of nitrogens with one attached hydrogen (secondary N) is 2. The third kappa shape index (κ3) is 5.83. The summed E-state index contributed by atoms with van der Waals surface area (Å²) in [5.74, 6) is 0.101. The molecule has 0 saturated heterocycles. The number of amides is 3. The lowest BCUT2D eigenvalue weighted by Gasteiger charge is -2.14. The van der Waals surface area contributed by atoms with E-state index in [0.717, 1.165) is 30.6 Å². The first kappa shape index (κ1) is 17.0. The van der Waals surface area contributed by atoms with Crippen LogP contribution in [-0.4, -0.2) is 25.1 Å². The third-order valence-electron chi connectivity index (χ3n) is 2.89. The highest BCUT2D eigenvalue weighted by Gasteiger charge is 2.10. The molecule has 0 radical (unpaired) electrons. The molecule has 1 rings (SSSR count). The van der Waals surface area contributed by atoms with E-state index >= 15 is 0 Å². The van der Waals surface area contributed by atoms with E-state index in [-0.39, 0.29) is 6.61 Å². The van der Waals surface area contributed by atoms with Crippen LogP contribution in [0.5, 0.6) is 5.75 Å². The highest BCUT2D eigenvalue weighted by atomic mass is 16.5. The third-order valence-corrected chi connectivity index (χ3v) is 2.89. The van der Waals surface area contributed by atoms with Gasteiger partial charge in [0, 0.05) is 6.54 Å². The number of ether oxygens (including phenoxy) is 1. The number of nitrogens with two attached hydrogens (primary N) is 1. The van der Waals surface area contributed by atoms with Crippen LogP contribution in [0.1, 0.15) is 30.0 Å². The summed E-state index contributed by atoms with van der Waals surface area (Å²) >= 11 is 0. The van der Waals surface area contributed by atoms with Crippen molar-refractivity contribution in [1.29, 1.82) is 0 Å². The van der Waals surface area contributed by atoms with Gasteiger partial charge in [0.05, 0.1) is 0 Å². The molecule has 0 aliphatic carbocycles. The predicted octanol–water partition coefficient (Wildman–Crippen LogP) is 1.38. The normalized spacial score (nSPS) is 10.2. The van der Waals surface area contributed by atoms with Gasteiger partial charge in [-0.15, -0.1) is 0 Å². The standard InChI is InChI=1S/C15H23N3O3/c1-4-5-17-8-12-6-10(2)14(11(3)7-12)21-9-13(19)18-15(16)20/h6-7,17H,4-5,8-9H2,1-3H3,(H3,16,18,19,20). The first-order chi connectivity index (χ1) is 9.93. The molecule has 0 fully saturated rings. The van der Waals surface area contributed by atoms with E-state index in [0.29, 0.717) is 5.75 Å². The molecule has 3 amide bonds. The van der Waals surface area contributed by atoms with Crippen molar-refractivity contribution in [3.05, 3.63) is 28.8 Å². The van der Waals surface area contributed by atoms with Crippen LogP contribution in [0.15, 0.2) is 12.1 Å². The minimum Gasteiger partial charge on any atom is -0.483 e. The van der Waals surface area contributed by atoms with Gasteiger partial charge in [-0.05, 0) is 43.5 Å². The Hall–Kier alpha value is -2.08. The van der Waals surface area contributed by atoms with Gasteiger partial charge in [-0.3, -0.25) is 10.1 Å². The topological polar surface area (TPSA) is 93.4 Å². The largest absolute Gasteiger partial charge is 0.483 e. The molecule has 0 aliphatic rings. The number of rotatable bonds is 7.